The molecule has 0 aliphatic carbocycles. The number of amides is 2. The number of fused-ring (bicyclic) bond motifs is 1. The standard InChI is InChI=1S/C21H29N3O5S2/c1-13-6-7-14(2)15(10-13)24-16-11-31(27,28)12-17(16)30-19(24)23-18(25)8-9-22-20(26)29-21(3,4)5/h6-7,10,16-17H,8-9,11-12H2,1-5H3,(H,22,26). The molecular weight excluding hydrogens is 438 g/mol. The second-order valence-electron chi connectivity index (χ2n) is 8.93. The number of anilines is 1. The Morgan fingerprint density at radius 1 is 1.26 bits per heavy atom. The van der Waals surface area contributed by atoms with Crippen LogP contribution in [0.2, 0.25) is 0 Å². The van der Waals surface area contributed by atoms with Crippen molar-refractivity contribution in [1.29, 1.82) is 0 Å². The molecule has 2 amide bonds. The van der Waals surface area contributed by atoms with Gasteiger partial charge in [0, 0.05) is 23.9 Å². The van der Waals surface area contributed by atoms with Gasteiger partial charge in [-0.15, -0.1) is 0 Å². The molecule has 0 aromatic heterocycles. The number of ether oxygens (including phenoxy) is 1. The van der Waals surface area contributed by atoms with E-state index in [0.717, 1.165) is 16.8 Å². The lowest BCUT2D eigenvalue weighted by Crippen LogP contribution is -2.38. The fourth-order valence-corrected chi connectivity index (χ4v) is 7.50. The fourth-order valence-electron chi connectivity index (χ4n) is 3.57. The summed E-state index contributed by atoms with van der Waals surface area (Å²) in [6, 6.07) is 5.72. The minimum Gasteiger partial charge on any atom is -0.444 e. The molecule has 0 spiro atoms. The van der Waals surface area contributed by atoms with Crippen LogP contribution < -0.4 is 10.2 Å². The van der Waals surface area contributed by atoms with Gasteiger partial charge in [0.15, 0.2) is 15.0 Å². The number of aryl methyl sites for hydroxylation is 2. The summed E-state index contributed by atoms with van der Waals surface area (Å²) in [5.41, 5.74) is 2.29. The molecule has 3 rings (SSSR count). The summed E-state index contributed by atoms with van der Waals surface area (Å²) in [5.74, 6) is -0.251. The van der Waals surface area contributed by atoms with Crippen molar-refractivity contribution < 1.29 is 22.7 Å². The van der Waals surface area contributed by atoms with Crippen LogP contribution in [-0.2, 0) is 19.4 Å². The number of carbonyl (C=O) groups excluding carboxylic acids is 2. The van der Waals surface area contributed by atoms with E-state index in [0.29, 0.717) is 5.17 Å². The number of sulfone groups is 1. The fraction of sp³-hybridized carbons (Fsp3) is 0.571. The highest BCUT2D eigenvalue weighted by molar-refractivity contribution is 8.16. The maximum Gasteiger partial charge on any atom is 0.407 e. The summed E-state index contributed by atoms with van der Waals surface area (Å²) in [6.45, 7) is 9.33. The number of rotatable bonds is 4. The Bertz CT molecular complexity index is 1010. The van der Waals surface area contributed by atoms with Gasteiger partial charge < -0.3 is 15.0 Å². The van der Waals surface area contributed by atoms with E-state index in [2.05, 4.69) is 10.3 Å². The van der Waals surface area contributed by atoms with Crippen LogP contribution in [0.25, 0.3) is 0 Å². The van der Waals surface area contributed by atoms with E-state index in [1.165, 1.54) is 11.8 Å². The van der Waals surface area contributed by atoms with Crippen LogP contribution in [0.1, 0.15) is 38.3 Å². The lowest BCUT2D eigenvalue weighted by molar-refractivity contribution is -0.117. The molecule has 2 heterocycles. The van der Waals surface area contributed by atoms with Crippen molar-refractivity contribution in [3.63, 3.8) is 0 Å². The first-order chi connectivity index (χ1) is 14.3. The lowest BCUT2D eigenvalue weighted by Gasteiger charge is -2.26. The van der Waals surface area contributed by atoms with E-state index in [-0.39, 0.29) is 41.7 Å². The van der Waals surface area contributed by atoms with Gasteiger partial charge in [0.2, 0.25) is 5.91 Å². The van der Waals surface area contributed by atoms with E-state index >= 15 is 0 Å². The molecule has 2 aliphatic heterocycles. The van der Waals surface area contributed by atoms with Crippen molar-refractivity contribution in [2.75, 3.05) is 23.0 Å². The summed E-state index contributed by atoms with van der Waals surface area (Å²) in [7, 11) is -3.12. The Morgan fingerprint density at radius 3 is 2.65 bits per heavy atom. The van der Waals surface area contributed by atoms with Crippen molar-refractivity contribution in [1.82, 2.24) is 5.32 Å². The van der Waals surface area contributed by atoms with Crippen molar-refractivity contribution >= 4 is 44.5 Å². The molecule has 2 fully saturated rings. The van der Waals surface area contributed by atoms with Gasteiger partial charge in [-0.2, -0.15) is 4.99 Å². The average molecular weight is 468 g/mol. The summed E-state index contributed by atoms with van der Waals surface area (Å²) in [4.78, 5) is 30.4. The maximum atomic E-state index is 12.5. The Labute approximate surface area is 187 Å². The molecule has 0 saturated carbocycles. The van der Waals surface area contributed by atoms with Crippen molar-refractivity contribution in [3.8, 4) is 0 Å². The van der Waals surface area contributed by atoms with Gasteiger partial charge in [0.25, 0.3) is 0 Å². The molecule has 0 radical (unpaired) electrons. The Hall–Kier alpha value is -2.07. The van der Waals surface area contributed by atoms with Crippen LogP contribution in [-0.4, -0.2) is 60.5 Å². The topological polar surface area (TPSA) is 105 Å². The first-order valence-electron chi connectivity index (χ1n) is 10.2. The van der Waals surface area contributed by atoms with Crippen LogP contribution in [0.3, 0.4) is 0 Å². The highest BCUT2D eigenvalue weighted by Gasteiger charge is 2.49. The number of alkyl carbamates (subject to hydrolysis) is 1. The van der Waals surface area contributed by atoms with Crippen molar-refractivity contribution in [2.45, 2.75) is 57.9 Å². The molecule has 1 aromatic carbocycles. The van der Waals surface area contributed by atoms with Crippen molar-refractivity contribution in [3.05, 3.63) is 29.3 Å². The molecule has 31 heavy (non-hydrogen) atoms. The van der Waals surface area contributed by atoms with Crippen LogP contribution in [0, 0.1) is 13.8 Å². The first-order valence-corrected chi connectivity index (χ1v) is 12.9. The van der Waals surface area contributed by atoms with Gasteiger partial charge in [-0.3, -0.25) is 4.79 Å². The third-order valence-electron chi connectivity index (χ3n) is 4.92. The van der Waals surface area contributed by atoms with Crippen LogP contribution in [0.15, 0.2) is 23.2 Å². The van der Waals surface area contributed by atoms with Gasteiger partial charge >= 0.3 is 6.09 Å². The first kappa shape index (κ1) is 23.6. The zero-order chi connectivity index (χ0) is 23.0. The van der Waals surface area contributed by atoms with Crippen LogP contribution in [0.4, 0.5) is 10.5 Å². The number of hydrogen-bond donors (Lipinski definition) is 1. The number of aliphatic imine (C=N–C) groups is 1. The minimum absolute atomic E-state index is 0.0254. The normalized spacial score (nSPS) is 23.6. The molecule has 1 aromatic rings. The number of amidine groups is 1. The van der Waals surface area contributed by atoms with E-state index in [1.807, 2.05) is 36.9 Å². The summed E-state index contributed by atoms with van der Waals surface area (Å²) >= 11 is 1.34. The molecule has 2 aliphatic rings. The van der Waals surface area contributed by atoms with Gasteiger partial charge in [0.1, 0.15) is 5.60 Å². The highest BCUT2D eigenvalue weighted by Crippen LogP contribution is 2.42. The SMILES string of the molecule is Cc1ccc(C)c(N2C(=NC(=O)CCNC(=O)OC(C)(C)C)SC3CS(=O)(=O)CC32)c1. The molecule has 1 N–H and O–H groups in total. The number of carbonyl (C=O) groups is 2. The van der Waals surface area contributed by atoms with E-state index in [9.17, 15) is 18.0 Å². The number of nitrogens with one attached hydrogen (secondary N) is 1. The molecule has 0 bridgehead atoms. The number of nitrogens with zero attached hydrogens (tertiary/aromatic N) is 2. The van der Waals surface area contributed by atoms with Crippen LogP contribution in [0.5, 0.6) is 0 Å². The van der Waals surface area contributed by atoms with Gasteiger partial charge in [-0.05, 0) is 51.8 Å². The Kier molecular flexibility index (Phi) is 6.71. The molecule has 2 atom stereocenters. The molecular formula is C21H29N3O5S2. The zero-order valence-corrected chi connectivity index (χ0v) is 20.1. The van der Waals surface area contributed by atoms with Crippen molar-refractivity contribution in [2.24, 2.45) is 4.99 Å². The van der Waals surface area contributed by atoms with E-state index in [1.54, 1.807) is 20.8 Å². The zero-order valence-electron chi connectivity index (χ0n) is 18.5. The Morgan fingerprint density at radius 2 is 1.97 bits per heavy atom. The highest BCUT2D eigenvalue weighted by atomic mass is 32.2. The monoisotopic (exact) mass is 467 g/mol. The Balaban J connectivity index is 1.75. The summed E-state index contributed by atoms with van der Waals surface area (Å²) < 4.78 is 29.6. The largest absolute Gasteiger partial charge is 0.444 e. The predicted molar refractivity (Wildman–Crippen MR) is 124 cm³/mol. The third kappa shape index (κ3) is 6.00. The second kappa shape index (κ2) is 8.82. The lowest BCUT2D eigenvalue weighted by atomic mass is 10.1. The molecule has 8 nitrogen and oxygen atoms in total. The number of hydrogen-bond acceptors (Lipinski definition) is 6. The summed E-state index contributed by atoms with van der Waals surface area (Å²) in [6.07, 6.45) is -0.558. The molecule has 10 heteroatoms. The smallest absolute Gasteiger partial charge is 0.407 e. The van der Waals surface area contributed by atoms with Gasteiger partial charge in [-0.25, -0.2) is 13.2 Å². The predicted octanol–water partition coefficient (Wildman–Crippen LogP) is 2.82. The second-order valence-corrected chi connectivity index (χ2v) is 12.3. The molecule has 2 unspecified atom stereocenters. The number of benzene rings is 1. The third-order valence-corrected chi connectivity index (χ3v) is 8.13. The molecule has 2 saturated heterocycles. The van der Waals surface area contributed by atoms with E-state index < -0.39 is 21.5 Å². The minimum atomic E-state index is -3.12. The van der Waals surface area contributed by atoms with E-state index in [4.69, 9.17) is 4.74 Å². The summed E-state index contributed by atoms with van der Waals surface area (Å²) in [5, 5.41) is 2.91. The average Bonchev–Trinajstić information content (AvgIpc) is 3.06. The quantitative estimate of drug-likeness (QED) is 0.726. The maximum absolute atomic E-state index is 12.5. The van der Waals surface area contributed by atoms with Gasteiger partial charge in [-0.1, -0.05) is 23.9 Å². The molecule has 170 valence electrons. The van der Waals surface area contributed by atoms with Gasteiger partial charge in [0.05, 0.1) is 17.5 Å². The number of thioether (sulfide) groups is 1. The van der Waals surface area contributed by atoms with Crippen LogP contribution >= 0.6 is 11.8 Å².